The molecule has 0 amide bonds. The van der Waals surface area contributed by atoms with E-state index in [1.807, 2.05) is 12.3 Å². The van der Waals surface area contributed by atoms with Gasteiger partial charge >= 0.3 is 0 Å². The number of rotatable bonds is 1. The fourth-order valence-corrected chi connectivity index (χ4v) is 1.77. The van der Waals surface area contributed by atoms with Crippen molar-refractivity contribution in [1.29, 1.82) is 0 Å². The van der Waals surface area contributed by atoms with Crippen molar-refractivity contribution in [1.82, 2.24) is 10.3 Å². The SMILES string of the molecule is Cl.Cl.Clc1cncc([C@@H]2CCCN2)c1. The Balaban J connectivity index is 0.000000845. The van der Waals surface area contributed by atoms with Crippen molar-refractivity contribution in [3.63, 3.8) is 0 Å². The fraction of sp³-hybridized carbons (Fsp3) is 0.444. The molecule has 0 spiro atoms. The molecule has 0 radical (unpaired) electrons. The Morgan fingerprint density at radius 2 is 2.14 bits per heavy atom. The Labute approximate surface area is 101 Å². The first kappa shape index (κ1) is 14.0. The minimum absolute atomic E-state index is 0. The zero-order chi connectivity index (χ0) is 8.39. The standard InChI is InChI=1S/C9H11ClN2.2ClH/c10-8-4-7(5-11-6-8)9-2-1-3-12-9;;/h4-6,9,12H,1-3H2;2*1H/t9-;;/m0../s1. The number of hydrogen-bond acceptors (Lipinski definition) is 2. The third-order valence-corrected chi connectivity index (χ3v) is 2.40. The second-order valence-corrected chi connectivity index (χ2v) is 3.52. The molecule has 0 bridgehead atoms. The van der Waals surface area contributed by atoms with E-state index in [-0.39, 0.29) is 24.8 Å². The first-order chi connectivity index (χ1) is 5.86. The van der Waals surface area contributed by atoms with Crippen LogP contribution in [0.25, 0.3) is 0 Å². The fourth-order valence-electron chi connectivity index (χ4n) is 1.59. The average molecular weight is 256 g/mol. The van der Waals surface area contributed by atoms with E-state index in [4.69, 9.17) is 11.6 Å². The van der Waals surface area contributed by atoms with Crippen LogP contribution >= 0.6 is 36.4 Å². The number of nitrogens with zero attached hydrogens (tertiary/aromatic N) is 1. The molecule has 0 aromatic carbocycles. The van der Waals surface area contributed by atoms with Crippen LogP contribution in [0.15, 0.2) is 18.5 Å². The summed E-state index contributed by atoms with van der Waals surface area (Å²) in [5.41, 5.74) is 1.21. The summed E-state index contributed by atoms with van der Waals surface area (Å²) in [6.07, 6.45) is 5.99. The van der Waals surface area contributed by atoms with Crippen molar-refractivity contribution in [3.05, 3.63) is 29.0 Å². The molecule has 80 valence electrons. The van der Waals surface area contributed by atoms with E-state index < -0.39 is 0 Å². The Hall–Kier alpha value is -0.0200. The molecule has 1 fully saturated rings. The van der Waals surface area contributed by atoms with Gasteiger partial charge in [0.05, 0.1) is 5.02 Å². The molecular weight excluding hydrogens is 242 g/mol. The van der Waals surface area contributed by atoms with Crippen molar-refractivity contribution in [2.75, 3.05) is 6.54 Å². The topological polar surface area (TPSA) is 24.9 Å². The highest BCUT2D eigenvalue weighted by molar-refractivity contribution is 6.30. The molecule has 5 heteroatoms. The first-order valence-corrected chi connectivity index (χ1v) is 4.58. The maximum absolute atomic E-state index is 5.83. The van der Waals surface area contributed by atoms with E-state index >= 15 is 0 Å². The lowest BCUT2D eigenvalue weighted by molar-refractivity contribution is 0.645. The van der Waals surface area contributed by atoms with E-state index in [0.29, 0.717) is 6.04 Å². The van der Waals surface area contributed by atoms with Crippen LogP contribution in [0.5, 0.6) is 0 Å². The van der Waals surface area contributed by atoms with Gasteiger partial charge in [0.15, 0.2) is 0 Å². The smallest absolute Gasteiger partial charge is 0.0592 e. The summed E-state index contributed by atoms with van der Waals surface area (Å²) in [5, 5.41) is 4.12. The molecule has 1 aromatic rings. The van der Waals surface area contributed by atoms with Gasteiger partial charge < -0.3 is 5.32 Å². The predicted molar refractivity (Wildman–Crippen MR) is 63.7 cm³/mol. The van der Waals surface area contributed by atoms with Gasteiger partial charge in [-0.05, 0) is 31.0 Å². The van der Waals surface area contributed by atoms with Crippen LogP contribution in [0.3, 0.4) is 0 Å². The highest BCUT2D eigenvalue weighted by atomic mass is 35.5. The summed E-state index contributed by atoms with van der Waals surface area (Å²) in [4.78, 5) is 4.06. The third-order valence-electron chi connectivity index (χ3n) is 2.19. The van der Waals surface area contributed by atoms with Gasteiger partial charge in [-0.2, -0.15) is 0 Å². The molecule has 1 N–H and O–H groups in total. The molecule has 2 rings (SSSR count). The maximum atomic E-state index is 5.83. The van der Waals surface area contributed by atoms with Crippen molar-refractivity contribution >= 4 is 36.4 Å². The van der Waals surface area contributed by atoms with E-state index in [1.165, 1.54) is 18.4 Å². The van der Waals surface area contributed by atoms with Gasteiger partial charge in [-0.25, -0.2) is 0 Å². The van der Waals surface area contributed by atoms with Gasteiger partial charge in [-0.15, -0.1) is 24.8 Å². The molecule has 1 aromatic heterocycles. The predicted octanol–water partition coefficient (Wildman–Crippen LogP) is 3.00. The van der Waals surface area contributed by atoms with Crippen LogP contribution in [0, 0.1) is 0 Å². The average Bonchev–Trinajstić information content (AvgIpc) is 2.56. The Morgan fingerprint density at radius 1 is 1.36 bits per heavy atom. The Morgan fingerprint density at radius 3 is 2.71 bits per heavy atom. The van der Waals surface area contributed by atoms with Crippen LogP contribution in [0.1, 0.15) is 24.4 Å². The van der Waals surface area contributed by atoms with E-state index in [0.717, 1.165) is 11.6 Å². The summed E-state index contributed by atoms with van der Waals surface area (Å²) in [7, 11) is 0. The van der Waals surface area contributed by atoms with Gasteiger partial charge in [0.1, 0.15) is 0 Å². The number of nitrogens with one attached hydrogen (secondary N) is 1. The van der Waals surface area contributed by atoms with Crippen LogP contribution < -0.4 is 5.32 Å². The van der Waals surface area contributed by atoms with Gasteiger partial charge in [0.2, 0.25) is 0 Å². The van der Waals surface area contributed by atoms with Crippen LogP contribution in [0.4, 0.5) is 0 Å². The lowest BCUT2D eigenvalue weighted by Crippen LogP contribution is -2.12. The summed E-state index contributed by atoms with van der Waals surface area (Å²) in [5.74, 6) is 0. The van der Waals surface area contributed by atoms with Crippen LogP contribution in [-0.4, -0.2) is 11.5 Å². The first-order valence-electron chi connectivity index (χ1n) is 4.20. The number of pyridine rings is 1. The molecular formula is C9H13Cl3N2. The van der Waals surface area contributed by atoms with Gasteiger partial charge in [0.25, 0.3) is 0 Å². The molecule has 2 nitrogen and oxygen atoms in total. The van der Waals surface area contributed by atoms with E-state index in [1.54, 1.807) is 6.20 Å². The second-order valence-electron chi connectivity index (χ2n) is 3.09. The van der Waals surface area contributed by atoms with Crippen molar-refractivity contribution < 1.29 is 0 Å². The zero-order valence-corrected chi connectivity index (χ0v) is 9.96. The van der Waals surface area contributed by atoms with E-state index in [9.17, 15) is 0 Å². The molecule has 0 saturated carbocycles. The van der Waals surface area contributed by atoms with Crippen molar-refractivity contribution in [2.45, 2.75) is 18.9 Å². The summed E-state index contributed by atoms with van der Waals surface area (Å²) >= 11 is 5.83. The van der Waals surface area contributed by atoms with E-state index in [2.05, 4.69) is 10.3 Å². The minimum Gasteiger partial charge on any atom is -0.310 e. The molecule has 1 saturated heterocycles. The van der Waals surface area contributed by atoms with Crippen LogP contribution in [0.2, 0.25) is 5.02 Å². The lowest BCUT2D eigenvalue weighted by Gasteiger charge is -2.09. The highest BCUT2D eigenvalue weighted by Crippen LogP contribution is 2.23. The lowest BCUT2D eigenvalue weighted by atomic mass is 10.1. The highest BCUT2D eigenvalue weighted by Gasteiger charge is 2.15. The molecule has 1 aliphatic rings. The summed E-state index contributed by atoms with van der Waals surface area (Å²) < 4.78 is 0. The third kappa shape index (κ3) is 3.28. The van der Waals surface area contributed by atoms with Crippen molar-refractivity contribution in [3.8, 4) is 0 Å². The Bertz CT molecular complexity index is 275. The second kappa shape index (κ2) is 6.46. The normalized spacial score (nSPS) is 19.6. The molecule has 0 aliphatic carbocycles. The largest absolute Gasteiger partial charge is 0.310 e. The molecule has 1 aliphatic heterocycles. The van der Waals surface area contributed by atoms with Crippen LogP contribution in [-0.2, 0) is 0 Å². The number of aromatic nitrogens is 1. The monoisotopic (exact) mass is 254 g/mol. The number of hydrogen-bond donors (Lipinski definition) is 1. The van der Waals surface area contributed by atoms with Gasteiger partial charge in [-0.3, -0.25) is 4.98 Å². The zero-order valence-electron chi connectivity index (χ0n) is 7.57. The number of halogens is 3. The molecule has 1 atom stereocenters. The summed E-state index contributed by atoms with van der Waals surface area (Å²) in [6.45, 7) is 1.11. The Kier molecular flexibility index (Phi) is 6.45. The molecule has 14 heavy (non-hydrogen) atoms. The maximum Gasteiger partial charge on any atom is 0.0592 e. The van der Waals surface area contributed by atoms with Gasteiger partial charge in [0, 0.05) is 18.4 Å². The minimum atomic E-state index is 0. The molecule has 0 unspecified atom stereocenters. The van der Waals surface area contributed by atoms with Crippen molar-refractivity contribution in [2.24, 2.45) is 0 Å². The molecule has 2 heterocycles. The summed E-state index contributed by atoms with van der Waals surface area (Å²) in [6, 6.07) is 2.45. The van der Waals surface area contributed by atoms with Gasteiger partial charge in [-0.1, -0.05) is 11.6 Å². The quantitative estimate of drug-likeness (QED) is 0.834.